The molecule has 0 bridgehead atoms. The molecule has 4 heteroatoms. The molecule has 0 amide bonds. The maximum atomic E-state index is 5.56. The maximum absolute atomic E-state index is 5.56. The van der Waals surface area contributed by atoms with Gasteiger partial charge in [0.25, 0.3) is 0 Å². The van der Waals surface area contributed by atoms with Gasteiger partial charge in [-0.2, -0.15) is 0 Å². The molecule has 0 saturated heterocycles. The van der Waals surface area contributed by atoms with Gasteiger partial charge in [0.05, 0.1) is 11.9 Å². The summed E-state index contributed by atoms with van der Waals surface area (Å²) < 4.78 is 1.94. The van der Waals surface area contributed by atoms with Gasteiger partial charge in [0, 0.05) is 18.9 Å². The monoisotopic (exact) mass is 176 g/mol. The molecule has 0 spiro atoms. The van der Waals surface area contributed by atoms with Gasteiger partial charge in [-0.15, -0.1) is 0 Å². The zero-order chi connectivity index (χ0) is 9.26. The van der Waals surface area contributed by atoms with Gasteiger partial charge in [-0.1, -0.05) is 6.92 Å². The molecule has 0 saturated carbocycles. The van der Waals surface area contributed by atoms with Crippen molar-refractivity contribution in [1.29, 1.82) is 0 Å². The lowest BCUT2D eigenvalue weighted by Crippen LogP contribution is -2.02. The van der Waals surface area contributed by atoms with Gasteiger partial charge in [-0.05, 0) is 12.0 Å². The molecule has 68 valence electrons. The average Bonchev–Trinajstić information content (AvgIpc) is 2.59. The highest BCUT2D eigenvalue weighted by atomic mass is 15.1. The fraction of sp³-hybridized carbons (Fsp3) is 0.333. The number of imidazole rings is 1. The van der Waals surface area contributed by atoms with Crippen LogP contribution in [0.25, 0.3) is 5.78 Å². The molecule has 2 aromatic heterocycles. The Morgan fingerprint density at radius 2 is 2.15 bits per heavy atom. The summed E-state index contributed by atoms with van der Waals surface area (Å²) in [4.78, 5) is 8.35. The molecule has 0 atom stereocenters. The van der Waals surface area contributed by atoms with Crippen LogP contribution in [0.15, 0.2) is 18.6 Å². The minimum atomic E-state index is 0.496. The topological polar surface area (TPSA) is 56.2 Å². The molecule has 0 aromatic carbocycles. The Kier molecular flexibility index (Phi) is 1.98. The molecule has 2 aromatic rings. The first-order chi connectivity index (χ1) is 6.35. The number of nitrogens with two attached hydrogens (primary N) is 1. The quantitative estimate of drug-likeness (QED) is 0.734. The van der Waals surface area contributed by atoms with Crippen LogP contribution in [0.2, 0.25) is 0 Å². The van der Waals surface area contributed by atoms with E-state index in [0.717, 1.165) is 17.9 Å². The van der Waals surface area contributed by atoms with E-state index in [1.54, 1.807) is 6.20 Å². The number of hydrogen-bond donors (Lipinski definition) is 1. The molecular weight excluding hydrogens is 164 g/mol. The molecular formula is C9H12N4. The summed E-state index contributed by atoms with van der Waals surface area (Å²) in [5.41, 5.74) is 7.76. The van der Waals surface area contributed by atoms with E-state index in [1.807, 2.05) is 16.8 Å². The van der Waals surface area contributed by atoms with E-state index in [9.17, 15) is 0 Å². The number of fused-ring (bicyclic) bond motifs is 1. The Balaban J connectivity index is 2.64. The third kappa shape index (κ3) is 1.29. The Morgan fingerprint density at radius 1 is 1.38 bits per heavy atom. The molecule has 2 rings (SSSR count). The highest BCUT2D eigenvalue weighted by Gasteiger charge is 2.02. The Hall–Kier alpha value is -1.42. The van der Waals surface area contributed by atoms with Crippen LogP contribution in [0.4, 0.5) is 0 Å². The molecule has 0 unspecified atom stereocenters. The second-order valence-electron chi connectivity index (χ2n) is 2.94. The highest BCUT2D eigenvalue weighted by molar-refractivity contribution is 5.32. The molecule has 4 nitrogen and oxygen atoms in total. The van der Waals surface area contributed by atoms with Crippen molar-refractivity contribution in [2.24, 2.45) is 5.73 Å². The third-order valence-electron chi connectivity index (χ3n) is 2.11. The zero-order valence-electron chi connectivity index (χ0n) is 7.57. The van der Waals surface area contributed by atoms with Gasteiger partial charge in [0.2, 0.25) is 5.78 Å². The minimum Gasteiger partial charge on any atom is -0.325 e. The second kappa shape index (κ2) is 3.14. The maximum Gasteiger partial charge on any atom is 0.233 e. The summed E-state index contributed by atoms with van der Waals surface area (Å²) in [7, 11) is 0. The van der Waals surface area contributed by atoms with Gasteiger partial charge in [-0.25, -0.2) is 9.97 Å². The largest absolute Gasteiger partial charge is 0.325 e. The van der Waals surface area contributed by atoms with Crippen molar-refractivity contribution >= 4 is 5.78 Å². The summed E-state index contributed by atoms with van der Waals surface area (Å²) in [6.45, 7) is 2.60. The molecule has 0 fully saturated rings. The summed E-state index contributed by atoms with van der Waals surface area (Å²) in [6.07, 6.45) is 6.63. The summed E-state index contributed by atoms with van der Waals surface area (Å²) in [5, 5.41) is 0. The normalized spacial score (nSPS) is 10.9. The van der Waals surface area contributed by atoms with Gasteiger partial charge in [0.15, 0.2) is 0 Å². The van der Waals surface area contributed by atoms with Crippen LogP contribution in [0, 0.1) is 0 Å². The highest BCUT2D eigenvalue weighted by Crippen LogP contribution is 2.05. The first-order valence-electron chi connectivity index (χ1n) is 4.36. The van der Waals surface area contributed by atoms with Crippen LogP contribution >= 0.6 is 0 Å². The van der Waals surface area contributed by atoms with Crippen molar-refractivity contribution in [2.75, 3.05) is 0 Å². The SMILES string of the molecule is CCc1cnc2ncc(CN)n2c1. The van der Waals surface area contributed by atoms with Gasteiger partial charge in [-0.3, -0.25) is 4.40 Å². The lowest BCUT2D eigenvalue weighted by molar-refractivity contribution is 0.927. The zero-order valence-corrected chi connectivity index (χ0v) is 7.57. The lowest BCUT2D eigenvalue weighted by atomic mass is 10.3. The fourth-order valence-electron chi connectivity index (χ4n) is 1.29. The number of aromatic nitrogens is 3. The molecule has 0 aliphatic heterocycles. The van der Waals surface area contributed by atoms with Crippen molar-refractivity contribution in [3.05, 3.63) is 29.8 Å². The molecule has 2 N–H and O–H groups in total. The van der Waals surface area contributed by atoms with E-state index >= 15 is 0 Å². The van der Waals surface area contributed by atoms with Crippen molar-refractivity contribution in [1.82, 2.24) is 14.4 Å². The number of nitrogens with zero attached hydrogens (tertiary/aromatic N) is 3. The first-order valence-corrected chi connectivity index (χ1v) is 4.36. The molecule has 0 aliphatic carbocycles. The lowest BCUT2D eigenvalue weighted by Gasteiger charge is -2.00. The van der Waals surface area contributed by atoms with Crippen LogP contribution in [0.5, 0.6) is 0 Å². The summed E-state index contributed by atoms with van der Waals surface area (Å²) in [6, 6.07) is 0. The molecule has 13 heavy (non-hydrogen) atoms. The molecule has 2 heterocycles. The van der Waals surface area contributed by atoms with Gasteiger partial charge < -0.3 is 5.73 Å². The van der Waals surface area contributed by atoms with E-state index in [4.69, 9.17) is 5.73 Å². The van der Waals surface area contributed by atoms with Crippen molar-refractivity contribution in [3.8, 4) is 0 Å². The Labute approximate surface area is 76.4 Å². The van der Waals surface area contributed by atoms with E-state index in [1.165, 1.54) is 5.56 Å². The molecule has 0 radical (unpaired) electrons. The third-order valence-corrected chi connectivity index (χ3v) is 2.11. The van der Waals surface area contributed by atoms with E-state index in [0.29, 0.717) is 6.54 Å². The van der Waals surface area contributed by atoms with Crippen LogP contribution in [0.1, 0.15) is 18.2 Å². The molecule has 0 aliphatic rings. The predicted octanol–water partition coefficient (Wildman–Crippen LogP) is 0.750. The van der Waals surface area contributed by atoms with Crippen LogP contribution in [0.3, 0.4) is 0 Å². The number of rotatable bonds is 2. The summed E-state index contributed by atoms with van der Waals surface area (Å²) >= 11 is 0. The fourth-order valence-corrected chi connectivity index (χ4v) is 1.29. The van der Waals surface area contributed by atoms with Crippen molar-refractivity contribution in [2.45, 2.75) is 19.9 Å². The van der Waals surface area contributed by atoms with Crippen molar-refractivity contribution < 1.29 is 0 Å². The minimum absolute atomic E-state index is 0.496. The standard InChI is InChI=1S/C9H12N4/c1-2-7-4-11-9-12-5-8(3-10)13(9)6-7/h4-6H,2-3,10H2,1H3. The summed E-state index contributed by atoms with van der Waals surface area (Å²) in [5.74, 6) is 0.720. The second-order valence-corrected chi connectivity index (χ2v) is 2.94. The van der Waals surface area contributed by atoms with E-state index in [-0.39, 0.29) is 0 Å². The predicted molar refractivity (Wildman–Crippen MR) is 50.3 cm³/mol. The Morgan fingerprint density at radius 3 is 2.85 bits per heavy atom. The van der Waals surface area contributed by atoms with Crippen LogP contribution in [-0.4, -0.2) is 14.4 Å². The number of hydrogen-bond acceptors (Lipinski definition) is 3. The number of aryl methyl sites for hydroxylation is 1. The van der Waals surface area contributed by atoms with Gasteiger partial charge in [0.1, 0.15) is 0 Å². The van der Waals surface area contributed by atoms with Crippen LogP contribution in [-0.2, 0) is 13.0 Å². The van der Waals surface area contributed by atoms with Gasteiger partial charge >= 0.3 is 0 Å². The van der Waals surface area contributed by atoms with Crippen molar-refractivity contribution in [3.63, 3.8) is 0 Å². The Bertz CT molecular complexity index is 418. The smallest absolute Gasteiger partial charge is 0.233 e. The average molecular weight is 176 g/mol. The van der Waals surface area contributed by atoms with E-state index in [2.05, 4.69) is 16.9 Å². The van der Waals surface area contributed by atoms with E-state index < -0.39 is 0 Å². The van der Waals surface area contributed by atoms with Crippen LogP contribution < -0.4 is 5.73 Å². The first kappa shape index (κ1) is 8.19.